The molecule has 1 fully saturated rings. The van der Waals surface area contributed by atoms with Crippen LogP contribution < -0.4 is 0 Å². The minimum Gasteiger partial charge on any atom is -0.480 e. The number of rotatable bonds is 5. The first-order valence-corrected chi connectivity index (χ1v) is 5.30. The zero-order valence-corrected chi connectivity index (χ0v) is 8.65. The fourth-order valence-corrected chi connectivity index (χ4v) is 1.95. The molecule has 82 valence electrons. The van der Waals surface area contributed by atoms with Crippen LogP contribution in [0.25, 0.3) is 0 Å². The van der Waals surface area contributed by atoms with Crippen molar-refractivity contribution < 1.29 is 15.0 Å². The van der Waals surface area contributed by atoms with Crippen molar-refractivity contribution in [2.45, 2.75) is 44.8 Å². The molecule has 1 aliphatic heterocycles. The van der Waals surface area contributed by atoms with Gasteiger partial charge in [-0.3, -0.25) is 9.69 Å². The zero-order chi connectivity index (χ0) is 10.6. The van der Waals surface area contributed by atoms with Gasteiger partial charge in [0.1, 0.15) is 6.04 Å². The van der Waals surface area contributed by atoms with E-state index in [1.54, 1.807) is 0 Å². The highest BCUT2D eigenvalue weighted by Gasteiger charge is 2.35. The zero-order valence-electron chi connectivity index (χ0n) is 8.65. The third kappa shape index (κ3) is 2.96. The maximum absolute atomic E-state index is 10.8. The van der Waals surface area contributed by atoms with Crippen LogP contribution in [0.3, 0.4) is 0 Å². The topological polar surface area (TPSA) is 60.8 Å². The van der Waals surface area contributed by atoms with Crippen molar-refractivity contribution in [1.29, 1.82) is 0 Å². The first-order chi connectivity index (χ1) is 6.65. The number of hydrogen-bond donors (Lipinski definition) is 2. The van der Waals surface area contributed by atoms with E-state index in [1.165, 1.54) is 0 Å². The Morgan fingerprint density at radius 2 is 2.21 bits per heavy atom. The Balaban J connectivity index is 2.37. The van der Waals surface area contributed by atoms with Crippen LogP contribution >= 0.6 is 0 Å². The van der Waals surface area contributed by atoms with Gasteiger partial charge in [0.2, 0.25) is 0 Å². The van der Waals surface area contributed by atoms with Crippen LogP contribution in [-0.2, 0) is 4.79 Å². The van der Waals surface area contributed by atoms with Gasteiger partial charge in [0.25, 0.3) is 0 Å². The molecule has 0 radical (unpaired) electrons. The van der Waals surface area contributed by atoms with Gasteiger partial charge in [-0.1, -0.05) is 19.8 Å². The Labute approximate surface area is 84.5 Å². The predicted molar refractivity (Wildman–Crippen MR) is 53.1 cm³/mol. The van der Waals surface area contributed by atoms with Crippen molar-refractivity contribution in [1.82, 2.24) is 4.90 Å². The summed E-state index contributed by atoms with van der Waals surface area (Å²) in [5, 5.41) is 18.3. The molecule has 0 bridgehead atoms. The van der Waals surface area contributed by atoms with Gasteiger partial charge >= 0.3 is 5.97 Å². The molecule has 2 N–H and O–H groups in total. The molecule has 1 heterocycles. The van der Waals surface area contributed by atoms with Crippen molar-refractivity contribution >= 4 is 5.97 Å². The summed E-state index contributed by atoms with van der Waals surface area (Å²) >= 11 is 0. The number of aliphatic carboxylic acids is 1. The molecule has 14 heavy (non-hydrogen) atoms. The second-order valence-corrected chi connectivity index (χ2v) is 3.95. The molecule has 0 spiro atoms. The standard InChI is InChI=1S/C10H19NO3/c1-2-3-4-5-11-7-8(12)6-9(11)10(13)14/h8-9,12H,2-7H2,1H3,(H,13,14)/t8?,9-/m0/s1. The summed E-state index contributed by atoms with van der Waals surface area (Å²) in [5.74, 6) is -0.807. The molecule has 2 atom stereocenters. The van der Waals surface area contributed by atoms with E-state index in [4.69, 9.17) is 5.11 Å². The summed E-state index contributed by atoms with van der Waals surface area (Å²) in [5.41, 5.74) is 0. The number of carboxylic acids is 1. The molecular formula is C10H19NO3. The van der Waals surface area contributed by atoms with Gasteiger partial charge in [0.15, 0.2) is 0 Å². The molecule has 1 rings (SSSR count). The highest BCUT2D eigenvalue weighted by Crippen LogP contribution is 2.18. The molecule has 0 aromatic carbocycles. The summed E-state index contributed by atoms with van der Waals surface area (Å²) in [6, 6.07) is -0.471. The van der Waals surface area contributed by atoms with Gasteiger partial charge in [-0.2, -0.15) is 0 Å². The highest BCUT2D eigenvalue weighted by molar-refractivity contribution is 5.74. The average Bonchev–Trinajstić information content (AvgIpc) is 2.47. The van der Waals surface area contributed by atoms with Crippen LogP contribution in [0.5, 0.6) is 0 Å². The molecule has 1 aliphatic rings. The molecule has 0 saturated carbocycles. The van der Waals surface area contributed by atoms with E-state index in [-0.39, 0.29) is 0 Å². The molecule has 4 nitrogen and oxygen atoms in total. The van der Waals surface area contributed by atoms with Gasteiger partial charge in [-0.25, -0.2) is 0 Å². The van der Waals surface area contributed by atoms with E-state index < -0.39 is 18.1 Å². The summed E-state index contributed by atoms with van der Waals surface area (Å²) < 4.78 is 0. The van der Waals surface area contributed by atoms with E-state index >= 15 is 0 Å². The van der Waals surface area contributed by atoms with Crippen LogP contribution in [0.4, 0.5) is 0 Å². The number of unbranched alkanes of at least 4 members (excludes halogenated alkanes) is 2. The smallest absolute Gasteiger partial charge is 0.321 e. The average molecular weight is 201 g/mol. The Kier molecular flexibility index (Phi) is 4.35. The van der Waals surface area contributed by atoms with Crippen molar-refractivity contribution in [2.24, 2.45) is 0 Å². The maximum Gasteiger partial charge on any atom is 0.321 e. The first-order valence-electron chi connectivity index (χ1n) is 5.30. The van der Waals surface area contributed by atoms with Crippen LogP contribution in [-0.4, -0.2) is 46.3 Å². The summed E-state index contributed by atoms with van der Waals surface area (Å²) in [6.07, 6.45) is 3.19. The summed E-state index contributed by atoms with van der Waals surface area (Å²) in [6.45, 7) is 3.43. The van der Waals surface area contributed by atoms with Gasteiger partial charge in [-0.15, -0.1) is 0 Å². The van der Waals surface area contributed by atoms with Gasteiger partial charge in [0.05, 0.1) is 6.10 Å². The van der Waals surface area contributed by atoms with Gasteiger partial charge in [0, 0.05) is 13.0 Å². The minimum absolute atomic E-state index is 0.376. The van der Waals surface area contributed by atoms with Crippen molar-refractivity contribution in [3.63, 3.8) is 0 Å². The fourth-order valence-electron chi connectivity index (χ4n) is 1.95. The molecule has 0 aromatic heterocycles. The molecule has 0 aromatic rings. The van der Waals surface area contributed by atoms with E-state index in [2.05, 4.69) is 6.92 Å². The fraction of sp³-hybridized carbons (Fsp3) is 0.900. The Morgan fingerprint density at radius 1 is 1.50 bits per heavy atom. The normalized spacial score (nSPS) is 28.1. The van der Waals surface area contributed by atoms with Crippen molar-refractivity contribution in [3.8, 4) is 0 Å². The van der Waals surface area contributed by atoms with E-state index in [0.29, 0.717) is 13.0 Å². The van der Waals surface area contributed by atoms with Crippen molar-refractivity contribution in [2.75, 3.05) is 13.1 Å². The van der Waals surface area contributed by atoms with Crippen LogP contribution in [0.2, 0.25) is 0 Å². The third-order valence-corrected chi connectivity index (χ3v) is 2.72. The number of hydrogen-bond acceptors (Lipinski definition) is 3. The van der Waals surface area contributed by atoms with Crippen LogP contribution in [0.1, 0.15) is 32.6 Å². The number of likely N-dealkylation sites (tertiary alicyclic amines) is 1. The lowest BCUT2D eigenvalue weighted by Gasteiger charge is -2.20. The number of carbonyl (C=O) groups is 1. The second-order valence-electron chi connectivity index (χ2n) is 3.95. The summed E-state index contributed by atoms with van der Waals surface area (Å²) in [7, 11) is 0. The SMILES string of the molecule is CCCCCN1CC(O)C[C@H]1C(=O)O. The third-order valence-electron chi connectivity index (χ3n) is 2.72. The van der Waals surface area contributed by atoms with E-state index in [9.17, 15) is 9.90 Å². The molecule has 0 amide bonds. The maximum atomic E-state index is 10.8. The number of aliphatic hydroxyl groups excluding tert-OH is 1. The number of nitrogens with zero attached hydrogens (tertiary/aromatic N) is 1. The largest absolute Gasteiger partial charge is 0.480 e. The van der Waals surface area contributed by atoms with Crippen LogP contribution in [0.15, 0.2) is 0 Å². The molecular weight excluding hydrogens is 182 g/mol. The number of aliphatic hydroxyl groups is 1. The molecule has 1 unspecified atom stereocenters. The highest BCUT2D eigenvalue weighted by atomic mass is 16.4. The predicted octanol–water partition coefficient (Wildman–Crippen LogP) is 0.696. The van der Waals surface area contributed by atoms with E-state index in [1.807, 2.05) is 4.90 Å². The number of β-amino-alcohol motifs (C(OH)–C–C–N with tert-alkyl or cyclic N) is 1. The van der Waals surface area contributed by atoms with E-state index in [0.717, 1.165) is 25.8 Å². The lowest BCUT2D eigenvalue weighted by atomic mass is 10.2. The van der Waals surface area contributed by atoms with Gasteiger partial charge < -0.3 is 10.2 Å². The quantitative estimate of drug-likeness (QED) is 0.643. The van der Waals surface area contributed by atoms with Gasteiger partial charge in [-0.05, 0) is 13.0 Å². The Bertz CT molecular complexity index is 196. The summed E-state index contributed by atoms with van der Waals surface area (Å²) in [4.78, 5) is 12.7. The molecule has 4 heteroatoms. The Morgan fingerprint density at radius 3 is 2.79 bits per heavy atom. The lowest BCUT2D eigenvalue weighted by Crippen LogP contribution is -2.36. The Hall–Kier alpha value is -0.610. The van der Waals surface area contributed by atoms with Crippen LogP contribution in [0, 0.1) is 0 Å². The molecule has 1 saturated heterocycles. The molecule has 0 aliphatic carbocycles. The van der Waals surface area contributed by atoms with Crippen molar-refractivity contribution in [3.05, 3.63) is 0 Å². The monoisotopic (exact) mass is 201 g/mol. The second kappa shape index (κ2) is 5.32. The lowest BCUT2D eigenvalue weighted by molar-refractivity contribution is -0.142. The number of carboxylic acid groups (broad SMARTS) is 1. The minimum atomic E-state index is -0.807. The first kappa shape index (κ1) is 11.5.